The van der Waals surface area contributed by atoms with Gasteiger partial charge in [0.05, 0.1) is 12.2 Å². The highest BCUT2D eigenvalue weighted by Crippen LogP contribution is 2.47. The molecule has 3 heterocycles. The van der Waals surface area contributed by atoms with E-state index in [1.165, 1.54) is 0 Å². The van der Waals surface area contributed by atoms with Crippen molar-refractivity contribution >= 4 is 23.5 Å². The zero-order chi connectivity index (χ0) is 17.9. The summed E-state index contributed by atoms with van der Waals surface area (Å²) >= 11 is 0. The van der Waals surface area contributed by atoms with Crippen molar-refractivity contribution in [1.82, 2.24) is 5.32 Å². The topological polar surface area (TPSA) is 89.5 Å². The van der Waals surface area contributed by atoms with E-state index in [1.807, 2.05) is 30.0 Å². The van der Waals surface area contributed by atoms with Gasteiger partial charge < -0.3 is 24.4 Å². The van der Waals surface area contributed by atoms with Crippen molar-refractivity contribution in [2.45, 2.75) is 44.2 Å². The monoisotopic (exact) mass is 357 g/mol. The molecule has 4 aliphatic rings. The minimum absolute atomic E-state index is 0.190. The quantitative estimate of drug-likeness (QED) is 0.620. The third-order valence-corrected chi connectivity index (χ3v) is 5.33. The Morgan fingerprint density at radius 3 is 2.77 bits per heavy atom. The van der Waals surface area contributed by atoms with Gasteiger partial charge in [0.25, 0.3) is 6.23 Å². The Hall–Kier alpha value is -2.77. The van der Waals surface area contributed by atoms with E-state index >= 15 is 0 Å². The summed E-state index contributed by atoms with van der Waals surface area (Å²) in [6, 6.07) is 5.99. The molecule has 0 bridgehead atoms. The summed E-state index contributed by atoms with van der Waals surface area (Å²) in [6.07, 6.45) is 2.16. The lowest BCUT2D eigenvalue weighted by molar-refractivity contribution is -0.242. The molecule has 0 aromatic heterocycles. The summed E-state index contributed by atoms with van der Waals surface area (Å²) in [5.41, 5.74) is 1.92. The van der Waals surface area contributed by atoms with Crippen molar-refractivity contribution in [2.75, 3.05) is 18.0 Å². The summed E-state index contributed by atoms with van der Waals surface area (Å²) in [5, 5.41) is 3.12. The average Bonchev–Trinajstić information content (AvgIpc) is 3.10. The van der Waals surface area contributed by atoms with Gasteiger partial charge in [0.15, 0.2) is 5.84 Å². The molecule has 8 nitrogen and oxygen atoms in total. The van der Waals surface area contributed by atoms with Crippen LogP contribution in [0.5, 0.6) is 5.75 Å². The van der Waals surface area contributed by atoms with E-state index in [0.717, 1.165) is 30.5 Å². The van der Waals surface area contributed by atoms with Crippen molar-refractivity contribution in [1.29, 1.82) is 0 Å². The van der Waals surface area contributed by atoms with Crippen LogP contribution in [0.15, 0.2) is 23.2 Å². The van der Waals surface area contributed by atoms with Crippen LogP contribution in [0, 0.1) is 6.92 Å². The largest absolute Gasteiger partial charge is 0.439 e. The van der Waals surface area contributed by atoms with E-state index in [9.17, 15) is 9.59 Å². The van der Waals surface area contributed by atoms with Crippen LogP contribution in [0.25, 0.3) is 0 Å². The molecule has 136 valence electrons. The van der Waals surface area contributed by atoms with Gasteiger partial charge in [0.1, 0.15) is 5.75 Å². The van der Waals surface area contributed by atoms with Gasteiger partial charge in [-0.05, 0) is 43.9 Å². The number of carbonyl (C=O) groups excluding carboxylic acids is 2. The Balaban J connectivity index is 1.69. The molecule has 3 aliphatic heterocycles. The molecule has 1 aromatic carbocycles. The van der Waals surface area contributed by atoms with Crippen molar-refractivity contribution in [3.05, 3.63) is 23.8 Å². The standard InChI is InChI=1S/C18H19N3O5/c1-10-5-6-13-12(9-10)21(11-3-2-4-11)17-18(25-13,16-19-7-8-20-16)26-15(23)14(22)24-17/h5-6,9,11,17H,2-4,7-8H2,1H3,(H,19,20). The molecule has 0 spiro atoms. The molecule has 0 amide bonds. The zero-order valence-electron chi connectivity index (χ0n) is 14.4. The van der Waals surface area contributed by atoms with Crippen LogP contribution in [0.4, 0.5) is 5.69 Å². The van der Waals surface area contributed by atoms with E-state index in [1.54, 1.807) is 0 Å². The van der Waals surface area contributed by atoms with Gasteiger partial charge in [-0.3, -0.25) is 4.99 Å². The fourth-order valence-electron chi connectivity index (χ4n) is 3.87. The highest BCUT2D eigenvalue weighted by molar-refractivity contribution is 6.31. The second-order valence-electron chi connectivity index (χ2n) is 7.04. The Kier molecular flexibility index (Phi) is 3.19. The third kappa shape index (κ3) is 2.04. The van der Waals surface area contributed by atoms with Gasteiger partial charge in [-0.15, -0.1) is 0 Å². The van der Waals surface area contributed by atoms with Crippen molar-refractivity contribution in [2.24, 2.45) is 4.99 Å². The first-order valence-corrected chi connectivity index (χ1v) is 8.89. The first kappa shape index (κ1) is 15.5. The van der Waals surface area contributed by atoms with Crippen LogP contribution in [0.2, 0.25) is 0 Å². The number of hydrogen-bond acceptors (Lipinski definition) is 8. The number of benzene rings is 1. The van der Waals surface area contributed by atoms with Gasteiger partial charge in [0, 0.05) is 12.6 Å². The number of ether oxygens (including phenoxy) is 3. The number of fused-ring (bicyclic) bond motifs is 2. The minimum atomic E-state index is -1.60. The third-order valence-electron chi connectivity index (χ3n) is 5.33. The molecule has 2 unspecified atom stereocenters. The molecular weight excluding hydrogens is 338 g/mol. The Bertz CT molecular complexity index is 834. The second kappa shape index (κ2) is 5.36. The molecule has 1 saturated heterocycles. The molecule has 1 N–H and O–H groups in total. The lowest BCUT2D eigenvalue weighted by Gasteiger charge is -2.53. The number of aryl methyl sites for hydroxylation is 1. The molecule has 0 radical (unpaired) electrons. The summed E-state index contributed by atoms with van der Waals surface area (Å²) in [7, 11) is 0. The fraction of sp³-hybridized carbons (Fsp3) is 0.500. The first-order chi connectivity index (χ1) is 12.6. The molecule has 1 aliphatic carbocycles. The number of carbonyl (C=O) groups is 2. The number of hydrogen-bond donors (Lipinski definition) is 1. The SMILES string of the molecule is Cc1ccc2c(c1)N(C1CCC1)C1OC(=O)C(=O)OC1(C1=NCCN1)O2. The Morgan fingerprint density at radius 2 is 2.08 bits per heavy atom. The Morgan fingerprint density at radius 1 is 1.23 bits per heavy atom. The number of rotatable bonds is 2. The average molecular weight is 357 g/mol. The van der Waals surface area contributed by atoms with Crippen molar-refractivity contribution < 1.29 is 23.8 Å². The smallest absolute Gasteiger partial charge is 0.421 e. The van der Waals surface area contributed by atoms with Gasteiger partial charge in [-0.2, -0.15) is 0 Å². The lowest BCUT2D eigenvalue weighted by Crippen LogP contribution is -2.73. The number of esters is 2. The van der Waals surface area contributed by atoms with Gasteiger partial charge in [-0.1, -0.05) is 6.07 Å². The zero-order valence-corrected chi connectivity index (χ0v) is 14.4. The van der Waals surface area contributed by atoms with Gasteiger partial charge in [-0.25, -0.2) is 9.59 Å². The summed E-state index contributed by atoms with van der Waals surface area (Å²) in [4.78, 5) is 30.5. The number of anilines is 1. The first-order valence-electron chi connectivity index (χ1n) is 8.89. The summed E-state index contributed by atoms with van der Waals surface area (Å²) in [5.74, 6) is -2.70. The van der Waals surface area contributed by atoms with Crippen LogP contribution in [0.3, 0.4) is 0 Å². The maximum Gasteiger partial charge on any atom is 0.421 e. The van der Waals surface area contributed by atoms with Gasteiger partial charge >= 0.3 is 17.7 Å². The van der Waals surface area contributed by atoms with Crippen LogP contribution in [-0.4, -0.2) is 48.9 Å². The summed E-state index contributed by atoms with van der Waals surface area (Å²) < 4.78 is 17.3. The second-order valence-corrected chi connectivity index (χ2v) is 7.04. The number of nitrogens with one attached hydrogen (secondary N) is 1. The lowest BCUT2D eigenvalue weighted by atomic mass is 9.89. The van der Waals surface area contributed by atoms with Crippen molar-refractivity contribution in [3.63, 3.8) is 0 Å². The van der Waals surface area contributed by atoms with Crippen LogP contribution >= 0.6 is 0 Å². The molecule has 1 aromatic rings. The highest BCUT2D eigenvalue weighted by Gasteiger charge is 2.64. The van der Waals surface area contributed by atoms with E-state index in [-0.39, 0.29) is 6.04 Å². The predicted octanol–water partition coefficient (Wildman–Crippen LogP) is 0.870. The molecule has 2 atom stereocenters. The van der Waals surface area contributed by atoms with E-state index in [4.69, 9.17) is 14.2 Å². The molecule has 5 rings (SSSR count). The summed E-state index contributed by atoms with van der Waals surface area (Å²) in [6.45, 7) is 3.16. The maximum absolute atomic E-state index is 12.1. The van der Waals surface area contributed by atoms with E-state index in [0.29, 0.717) is 24.7 Å². The number of aliphatic imine (C=N–C) groups is 1. The molecular formula is C18H19N3O5. The number of amidine groups is 1. The van der Waals surface area contributed by atoms with E-state index in [2.05, 4.69) is 10.3 Å². The number of nitrogens with zero attached hydrogens (tertiary/aromatic N) is 2. The van der Waals surface area contributed by atoms with Crippen LogP contribution in [-0.2, 0) is 19.1 Å². The molecule has 8 heteroatoms. The van der Waals surface area contributed by atoms with E-state index < -0.39 is 24.0 Å². The van der Waals surface area contributed by atoms with Crippen molar-refractivity contribution in [3.8, 4) is 5.75 Å². The predicted molar refractivity (Wildman–Crippen MR) is 90.9 cm³/mol. The normalized spacial score (nSPS) is 30.1. The van der Waals surface area contributed by atoms with Crippen LogP contribution in [0.1, 0.15) is 24.8 Å². The minimum Gasteiger partial charge on any atom is -0.439 e. The Labute approximate surface area is 150 Å². The molecule has 26 heavy (non-hydrogen) atoms. The fourth-order valence-corrected chi connectivity index (χ4v) is 3.87. The molecule has 2 fully saturated rings. The molecule has 1 saturated carbocycles. The van der Waals surface area contributed by atoms with Gasteiger partial charge in [0.2, 0.25) is 0 Å². The van der Waals surface area contributed by atoms with Crippen LogP contribution < -0.4 is 15.0 Å². The highest BCUT2D eigenvalue weighted by atomic mass is 16.8. The maximum atomic E-state index is 12.1.